The number of piperidine rings is 1. The molecule has 0 atom stereocenters. The molecule has 0 aromatic heterocycles. The lowest BCUT2D eigenvalue weighted by Gasteiger charge is -2.32. The van der Waals surface area contributed by atoms with E-state index in [1.165, 1.54) is 0 Å². The molecule has 2 aromatic rings. The van der Waals surface area contributed by atoms with E-state index in [1.54, 1.807) is 48.2 Å². The fourth-order valence-electron chi connectivity index (χ4n) is 3.38. The van der Waals surface area contributed by atoms with E-state index < -0.39 is 6.16 Å². The van der Waals surface area contributed by atoms with E-state index in [-0.39, 0.29) is 24.5 Å². The number of hydrogen-bond donors (Lipinski definition) is 1. The van der Waals surface area contributed by atoms with Crippen molar-refractivity contribution in [3.63, 3.8) is 0 Å². The molecule has 1 heterocycles. The smallest absolute Gasteiger partial charge is 0.434 e. The molecular formula is C23H25ClN2O5. The van der Waals surface area contributed by atoms with Gasteiger partial charge in [-0.1, -0.05) is 23.7 Å². The highest BCUT2D eigenvalue weighted by Gasteiger charge is 2.24. The predicted molar refractivity (Wildman–Crippen MR) is 116 cm³/mol. The third-order valence-corrected chi connectivity index (χ3v) is 5.24. The largest absolute Gasteiger partial charge is 0.513 e. The second kappa shape index (κ2) is 10.8. The van der Waals surface area contributed by atoms with Crippen molar-refractivity contribution < 1.29 is 23.9 Å². The zero-order chi connectivity index (χ0) is 22.2. The van der Waals surface area contributed by atoms with Gasteiger partial charge in [0.15, 0.2) is 0 Å². The van der Waals surface area contributed by atoms with Gasteiger partial charge in [0.25, 0.3) is 5.91 Å². The Kier molecular flexibility index (Phi) is 7.89. The number of carbonyl (C=O) groups is 3. The summed E-state index contributed by atoms with van der Waals surface area (Å²) in [6.45, 7) is 3.04. The number of carbonyl (C=O) groups excluding carboxylic acids is 3. The first-order chi connectivity index (χ1) is 14.9. The van der Waals surface area contributed by atoms with E-state index in [0.717, 1.165) is 5.56 Å². The third-order valence-electron chi connectivity index (χ3n) is 4.99. The van der Waals surface area contributed by atoms with E-state index in [2.05, 4.69) is 5.32 Å². The van der Waals surface area contributed by atoms with Crippen molar-refractivity contribution in [1.29, 1.82) is 0 Å². The van der Waals surface area contributed by atoms with Crippen molar-refractivity contribution in [2.45, 2.75) is 32.2 Å². The molecule has 0 radical (unpaired) electrons. The highest BCUT2D eigenvalue weighted by atomic mass is 35.5. The first kappa shape index (κ1) is 22.6. The number of amides is 2. The Morgan fingerprint density at radius 2 is 1.68 bits per heavy atom. The summed E-state index contributed by atoms with van der Waals surface area (Å²) in [5.74, 6) is 0.190. The first-order valence-corrected chi connectivity index (χ1v) is 10.6. The average Bonchev–Trinajstić information content (AvgIpc) is 2.76. The maximum Gasteiger partial charge on any atom is 0.513 e. The van der Waals surface area contributed by atoms with Gasteiger partial charge in [-0.2, -0.15) is 0 Å². The molecule has 3 rings (SSSR count). The molecule has 8 heteroatoms. The lowest BCUT2D eigenvalue weighted by Crippen LogP contribution is -2.46. The number of ether oxygens (including phenoxy) is 2. The highest BCUT2D eigenvalue weighted by molar-refractivity contribution is 6.30. The van der Waals surface area contributed by atoms with Crippen LogP contribution in [0.2, 0.25) is 5.02 Å². The van der Waals surface area contributed by atoms with Gasteiger partial charge in [0.2, 0.25) is 5.91 Å². The molecule has 0 spiro atoms. The fraction of sp³-hybridized carbons (Fsp3) is 0.348. The SMILES string of the molecule is CCOC(=O)Oc1ccc(C(=O)N2CCC(NC(=O)Cc3ccc(Cl)cc3)CC2)cc1. The third kappa shape index (κ3) is 6.72. The minimum atomic E-state index is -0.776. The summed E-state index contributed by atoms with van der Waals surface area (Å²) in [5, 5.41) is 3.69. The van der Waals surface area contributed by atoms with Crippen LogP contribution in [-0.2, 0) is 16.0 Å². The van der Waals surface area contributed by atoms with Crippen LogP contribution in [0.5, 0.6) is 5.75 Å². The molecule has 0 saturated carbocycles. The standard InChI is InChI=1S/C23H25ClN2O5/c1-2-30-23(29)31-20-9-5-17(6-10-20)22(28)26-13-11-19(12-14-26)25-21(27)15-16-3-7-18(24)8-4-16/h3-10,19H,2,11-15H2,1H3,(H,25,27). The number of benzene rings is 2. The van der Waals surface area contributed by atoms with E-state index in [0.29, 0.717) is 48.7 Å². The second-order valence-electron chi connectivity index (χ2n) is 7.25. The summed E-state index contributed by atoms with van der Waals surface area (Å²) in [6.07, 6.45) is 0.919. The average molecular weight is 445 g/mol. The molecule has 31 heavy (non-hydrogen) atoms. The predicted octanol–water partition coefficient (Wildman–Crippen LogP) is 3.84. The molecule has 1 saturated heterocycles. The van der Waals surface area contributed by atoms with Crippen LogP contribution in [0.4, 0.5) is 4.79 Å². The van der Waals surface area contributed by atoms with Crippen molar-refractivity contribution in [1.82, 2.24) is 10.2 Å². The highest BCUT2D eigenvalue weighted by Crippen LogP contribution is 2.18. The summed E-state index contributed by atoms with van der Waals surface area (Å²) >= 11 is 5.87. The van der Waals surface area contributed by atoms with E-state index in [4.69, 9.17) is 21.1 Å². The van der Waals surface area contributed by atoms with Crippen LogP contribution in [-0.4, -0.2) is 48.6 Å². The number of rotatable bonds is 6. The Hall–Kier alpha value is -3.06. The van der Waals surface area contributed by atoms with Crippen LogP contribution in [0.3, 0.4) is 0 Å². The number of hydrogen-bond acceptors (Lipinski definition) is 5. The van der Waals surface area contributed by atoms with Gasteiger partial charge in [0.05, 0.1) is 13.0 Å². The van der Waals surface area contributed by atoms with Crippen LogP contribution in [0.1, 0.15) is 35.7 Å². The van der Waals surface area contributed by atoms with Gasteiger partial charge in [-0.15, -0.1) is 0 Å². The topological polar surface area (TPSA) is 84.9 Å². The number of nitrogens with zero attached hydrogens (tertiary/aromatic N) is 1. The zero-order valence-corrected chi connectivity index (χ0v) is 18.1. The molecule has 2 aromatic carbocycles. The van der Waals surface area contributed by atoms with Crippen molar-refractivity contribution in [3.8, 4) is 5.75 Å². The lowest BCUT2D eigenvalue weighted by atomic mass is 10.0. The summed E-state index contributed by atoms with van der Waals surface area (Å²) in [5.41, 5.74) is 1.42. The molecule has 2 amide bonds. The van der Waals surface area contributed by atoms with Gasteiger partial charge in [0.1, 0.15) is 5.75 Å². The Labute approximate surface area is 186 Å². The normalized spacial score (nSPS) is 14.1. The number of nitrogens with one attached hydrogen (secondary N) is 1. The maximum absolute atomic E-state index is 12.7. The Morgan fingerprint density at radius 3 is 2.29 bits per heavy atom. The lowest BCUT2D eigenvalue weighted by molar-refractivity contribution is -0.121. The molecule has 0 aliphatic carbocycles. The van der Waals surface area contributed by atoms with Crippen molar-refractivity contribution in [3.05, 3.63) is 64.7 Å². The number of halogens is 1. The molecule has 1 aliphatic heterocycles. The molecule has 164 valence electrons. The van der Waals surface area contributed by atoms with Gasteiger partial charge in [-0.25, -0.2) is 4.79 Å². The van der Waals surface area contributed by atoms with Crippen LogP contribution < -0.4 is 10.1 Å². The van der Waals surface area contributed by atoms with Crippen LogP contribution in [0, 0.1) is 0 Å². The monoisotopic (exact) mass is 444 g/mol. The van der Waals surface area contributed by atoms with Gasteiger partial charge < -0.3 is 19.7 Å². The summed E-state index contributed by atoms with van der Waals surface area (Å²) in [7, 11) is 0. The number of likely N-dealkylation sites (tertiary alicyclic amines) is 1. The van der Waals surface area contributed by atoms with E-state index in [9.17, 15) is 14.4 Å². The summed E-state index contributed by atoms with van der Waals surface area (Å²) in [6, 6.07) is 13.6. The van der Waals surface area contributed by atoms with Crippen molar-refractivity contribution >= 4 is 29.6 Å². The van der Waals surface area contributed by atoms with Gasteiger partial charge in [-0.05, 0) is 61.7 Å². The van der Waals surface area contributed by atoms with Gasteiger partial charge >= 0.3 is 6.16 Å². The minimum absolute atomic E-state index is 0.0377. The molecule has 1 fully saturated rings. The minimum Gasteiger partial charge on any atom is -0.434 e. The zero-order valence-electron chi connectivity index (χ0n) is 17.3. The fourth-order valence-corrected chi connectivity index (χ4v) is 3.51. The van der Waals surface area contributed by atoms with E-state index >= 15 is 0 Å². The molecule has 1 N–H and O–H groups in total. The Bertz CT molecular complexity index is 907. The Balaban J connectivity index is 1.45. The molecule has 1 aliphatic rings. The quantitative estimate of drug-likeness (QED) is 0.540. The summed E-state index contributed by atoms with van der Waals surface area (Å²) in [4.78, 5) is 38.1. The second-order valence-corrected chi connectivity index (χ2v) is 7.68. The molecular weight excluding hydrogens is 420 g/mol. The van der Waals surface area contributed by atoms with Gasteiger partial charge in [0, 0.05) is 29.7 Å². The molecule has 0 bridgehead atoms. The molecule has 7 nitrogen and oxygen atoms in total. The van der Waals surface area contributed by atoms with Crippen LogP contribution in [0.15, 0.2) is 48.5 Å². The van der Waals surface area contributed by atoms with Crippen molar-refractivity contribution in [2.24, 2.45) is 0 Å². The van der Waals surface area contributed by atoms with Crippen LogP contribution >= 0.6 is 11.6 Å². The molecule has 0 unspecified atom stereocenters. The van der Waals surface area contributed by atoms with Gasteiger partial charge in [-0.3, -0.25) is 9.59 Å². The summed E-state index contributed by atoms with van der Waals surface area (Å²) < 4.78 is 9.72. The van der Waals surface area contributed by atoms with Crippen molar-refractivity contribution in [2.75, 3.05) is 19.7 Å². The maximum atomic E-state index is 12.7. The Morgan fingerprint density at radius 1 is 1.03 bits per heavy atom. The van der Waals surface area contributed by atoms with Crippen LogP contribution in [0.25, 0.3) is 0 Å². The first-order valence-electron chi connectivity index (χ1n) is 10.2. The van der Waals surface area contributed by atoms with E-state index in [1.807, 2.05) is 12.1 Å².